The topological polar surface area (TPSA) is 89.8 Å². The van der Waals surface area contributed by atoms with Gasteiger partial charge in [0.25, 0.3) is 0 Å². The van der Waals surface area contributed by atoms with E-state index in [-0.39, 0.29) is 12.1 Å². The second kappa shape index (κ2) is 10.9. The number of carbonyl (C=O) groups is 1. The lowest BCUT2D eigenvalue weighted by Crippen LogP contribution is -2.42. The van der Waals surface area contributed by atoms with Crippen molar-refractivity contribution >= 4 is 29.0 Å². The third kappa shape index (κ3) is 6.01. The van der Waals surface area contributed by atoms with Gasteiger partial charge in [-0.15, -0.1) is 0 Å². The summed E-state index contributed by atoms with van der Waals surface area (Å²) in [4.78, 5) is 27.5. The van der Waals surface area contributed by atoms with Crippen molar-refractivity contribution in [3.8, 4) is 11.3 Å². The molecule has 38 heavy (non-hydrogen) atoms. The largest absolute Gasteiger partial charge is 0.444 e. The Hall–Kier alpha value is -3.80. The Morgan fingerprint density at radius 2 is 2.05 bits per heavy atom. The molecule has 9 nitrogen and oxygen atoms in total. The van der Waals surface area contributed by atoms with Gasteiger partial charge in [-0.1, -0.05) is 12.1 Å². The fourth-order valence-electron chi connectivity index (χ4n) is 4.89. The minimum absolute atomic E-state index is 0.143. The monoisotopic (exact) mass is 529 g/mol. The molecule has 2 aliphatic rings. The number of oxazole rings is 1. The van der Waals surface area contributed by atoms with E-state index in [4.69, 9.17) is 9.40 Å². The molecule has 1 fully saturated rings. The number of pyridine rings is 1. The quantitative estimate of drug-likeness (QED) is 0.489. The van der Waals surface area contributed by atoms with E-state index in [1.165, 1.54) is 11.3 Å². The van der Waals surface area contributed by atoms with Crippen LogP contribution in [0, 0.1) is 0 Å². The van der Waals surface area contributed by atoms with Gasteiger partial charge < -0.3 is 20.0 Å². The Balaban J connectivity index is 1.37. The SMILES string of the molecule is C[C@@H]1CCNc2ccc(N3CCCN(CC(F)(F)F)CC3)nc2N1C(=O)Nc1cccc(-c2cnco2)c1. The van der Waals surface area contributed by atoms with Crippen LogP contribution in [0.25, 0.3) is 11.3 Å². The number of alkyl halides is 3. The van der Waals surface area contributed by atoms with Gasteiger partial charge in [0, 0.05) is 50.0 Å². The number of carbonyl (C=O) groups excluding carboxylic acids is 1. The van der Waals surface area contributed by atoms with Crippen molar-refractivity contribution in [1.29, 1.82) is 0 Å². The summed E-state index contributed by atoms with van der Waals surface area (Å²) in [7, 11) is 0. The highest BCUT2D eigenvalue weighted by Gasteiger charge is 2.32. The number of hydrogen-bond donors (Lipinski definition) is 2. The average Bonchev–Trinajstić information content (AvgIpc) is 3.24. The van der Waals surface area contributed by atoms with E-state index >= 15 is 0 Å². The van der Waals surface area contributed by atoms with Gasteiger partial charge in [0.1, 0.15) is 5.82 Å². The van der Waals surface area contributed by atoms with E-state index in [0.29, 0.717) is 68.6 Å². The molecule has 0 bridgehead atoms. The van der Waals surface area contributed by atoms with E-state index in [0.717, 1.165) is 11.3 Å². The van der Waals surface area contributed by atoms with Crippen LogP contribution in [0.3, 0.4) is 0 Å². The lowest BCUT2D eigenvalue weighted by Gasteiger charge is -2.29. The Morgan fingerprint density at radius 3 is 2.84 bits per heavy atom. The normalized spacial score (nSPS) is 18.8. The van der Waals surface area contributed by atoms with Crippen LogP contribution in [0.5, 0.6) is 0 Å². The van der Waals surface area contributed by atoms with Crippen LogP contribution in [0.2, 0.25) is 0 Å². The van der Waals surface area contributed by atoms with E-state index in [2.05, 4.69) is 15.6 Å². The number of amides is 2. The van der Waals surface area contributed by atoms with Crippen molar-refractivity contribution in [2.75, 3.05) is 59.7 Å². The number of aromatic nitrogens is 2. The van der Waals surface area contributed by atoms with Crippen LogP contribution >= 0.6 is 0 Å². The predicted molar refractivity (Wildman–Crippen MR) is 140 cm³/mol. The summed E-state index contributed by atoms with van der Waals surface area (Å²) in [5.74, 6) is 1.72. The summed E-state index contributed by atoms with van der Waals surface area (Å²) in [6.07, 6.45) is 0.0469. The Morgan fingerprint density at radius 1 is 1.18 bits per heavy atom. The summed E-state index contributed by atoms with van der Waals surface area (Å²) in [6.45, 7) is 3.41. The molecule has 0 saturated carbocycles. The minimum atomic E-state index is -4.22. The molecule has 2 aromatic heterocycles. The molecule has 3 aromatic rings. The van der Waals surface area contributed by atoms with Gasteiger partial charge >= 0.3 is 12.2 Å². The van der Waals surface area contributed by atoms with Gasteiger partial charge in [-0.3, -0.25) is 9.80 Å². The Kier molecular flexibility index (Phi) is 7.41. The number of rotatable bonds is 4. The van der Waals surface area contributed by atoms with Crippen molar-refractivity contribution in [3.05, 3.63) is 49.0 Å². The molecule has 2 amide bonds. The first-order valence-corrected chi connectivity index (χ1v) is 12.6. The summed E-state index contributed by atoms with van der Waals surface area (Å²) in [5, 5.41) is 6.33. The first-order chi connectivity index (χ1) is 18.3. The van der Waals surface area contributed by atoms with E-state index in [1.807, 2.05) is 42.2 Å². The van der Waals surface area contributed by atoms with E-state index in [1.54, 1.807) is 17.2 Å². The van der Waals surface area contributed by atoms with Gasteiger partial charge in [-0.2, -0.15) is 13.2 Å². The maximum Gasteiger partial charge on any atom is 0.401 e. The zero-order chi connectivity index (χ0) is 26.7. The molecule has 5 rings (SSSR count). The zero-order valence-corrected chi connectivity index (χ0v) is 21.0. The van der Waals surface area contributed by atoms with Crippen LogP contribution in [-0.4, -0.2) is 72.4 Å². The van der Waals surface area contributed by atoms with E-state index < -0.39 is 12.7 Å². The zero-order valence-electron chi connectivity index (χ0n) is 21.0. The number of nitrogens with zero attached hydrogens (tertiary/aromatic N) is 5. The average molecular weight is 530 g/mol. The highest BCUT2D eigenvalue weighted by atomic mass is 19.4. The van der Waals surface area contributed by atoms with Crippen LogP contribution < -0.4 is 20.4 Å². The van der Waals surface area contributed by atoms with E-state index in [9.17, 15) is 18.0 Å². The molecule has 1 saturated heterocycles. The predicted octanol–water partition coefficient (Wildman–Crippen LogP) is 5.05. The molecule has 1 atom stereocenters. The molecule has 1 aromatic carbocycles. The number of fused-ring (bicyclic) bond motifs is 1. The minimum Gasteiger partial charge on any atom is -0.444 e. The number of anilines is 4. The molecule has 2 N–H and O–H groups in total. The number of halogens is 3. The van der Waals surface area contributed by atoms with Gasteiger partial charge in [0.2, 0.25) is 0 Å². The fourth-order valence-corrected chi connectivity index (χ4v) is 4.89. The molecular formula is C26H30F3N7O2. The highest BCUT2D eigenvalue weighted by Crippen LogP contribution is 2.33. The second-order valence-corrected chi connectivity index (χ2v) is 9.58. The van der Waals surface area contributed by atoms with Crippen LogP contribution in [0.15, 0.2) is 53.4 Å². The molecule has 0 radical (unpaired) electrons. The molecule has 202 valence electrons. The molecule has 4 heterocycles. The maximum absolute atomic E-state index is 13.6. The first kappa shape index (κ1) is 25.8. The molecule has 0 unspecified atom stereocenters. The Bertz CT molecular complexity index is 1250. The number of urea groups is 1. The summed E-state index contributed by atoms with van der Waals surface area (Å²) in [5.41, 5.74) is 2.12. The number of nitrogens with one attached hydrogen (secondary N) is 2. The van der Waals surface area contributed by atoms with Gasteiger partial charge in [0.05, 0.1) is 18.4 Å². The number of benzene rings is 1. The van der Waals surface area contributed by atoms with Crippen molar-refractivity contribution in [2.24, 2.45) is 0 Å². The molecule has 12 heteroatoms. The molecular weight excluding hydrogens is 499 g/mol. The molecule has 2 aliphatic heterocycles. The van der Waals surface area contributed by atoms with Gasteiger partial charge in [0.15, 0.2) is 18.0 Å². The first-order valence-electron chi connectivity index (χ1n) is 12.6. The van der Waals surface area contributed by atoms with Crippen LogP contribution in [-0.2, 0) is 0 Å². The standard InChI is InChI=1S/C26H30F3N7O2/c1-18-8-9-31-21-6-7-23(35-11-3-10-34(12-13-35)16-26(27,28)29)33-24(21)36(18)25(37)32-20-5-2-4-19(14-20)22-15-30-17-38-22/h2,4-7,14-15,17-18,31H,3,8-13,16H2,1H3,(H,32,37)/t18-/m1/s1. The van der Waals surface area contributed by atoms with Crippen LogP contribution in [0.1, 0.15) is 19.8 Å². The van der Waals surface area contributed by atoms with Crippen LogP contribution in [0.4, 0.5) is 41.0 Å². The molecule has 0 spiro atoms. The maximum atomic E-state index is 13.6. The summed E-state index contributed by atoms with van der Waals surface area (Å²) >= 11 is 0. The van der Waals surface area contributed by atoms with Crippen molar-refractivity contribution in [3.63, 3.8) is 0 Å². The smallest absolute Gasteiger partial charge is 0.401 e. The summed E-state index contributed by atoms with van der Waals surface area (Å²) in [6, 6.07) is 10.6. The van der Waals surface area contributed by atoms with Crippen molar-refractivity contribution < 1.29 is 22.4 Å². The lowest BCUT2D eigenvalue weighted by atomic mass is 10.1. The fraction of sp³-hybridized carbons (Fsp3) is 0.423. The molecule has 0 aliphatic carbocycles. The Labute approximate surface area is 218 Å². The summed E-state index contributed by atoms with van der Waals surface area (Å²) < 4.78 is 44.1. The second-order valence-electron chi connectivity index (χ2n) is 9.58. The van der Waals surface area contributed by atoms with Gasteiger partial charge in [-0.25, -0.2) is 14.8 Å². The van der Waals surface area contributed by atoms with Crippen molar-refractivity contribution in [1.82, 2.24) is 14.9 Å². The third-order valence-corrected chi connectivity index (χ3v) is 6.77. The lowest BCUT2D eigenvalue weighted by molar-refractivity contribution is -0.145. The van der Waals surface area contributed by atoms with Gasteiger partial charge in [-0.05, 0) is 44.0 Å². The highest BCUT2D eigenvalue weighted by molar-refractivity contribution is 6.04. The van der Waals surface area contributed by atoms with Crippen molar-refractivity contribution in [2.45, 2.75) is 32.0 Å². The third-order valence-electron chi connectivity index (χ3n) is 6.77. The number of hydrogen-bond acceptors (Lipinski definition) is 7.